The molecular formula is C5H5NO2. The van der Waals surface area contributed by atoms with Crippen molar-refractivity contribution < 1.29 is 9.84 Å². The van der Waals surface area contributed by atoms with Gasteiger partial charge in [-0.25, -0.2) is 4.99 Å². The van der Waals surface area contributed by atoms with Crippen molar-refractivity contribution in [3.8, 4) is 0 Å². The lowest BCUT2D eigenvalue weighted by Crippen LogP contribution is -1.83. The Morgan fingerprint density at radius 3 is 3.38 bits per heavy atom. The van der Waals surface area contributed by atoms with Crippen LogP contribution in [0.25, 0.3) is 0 Å². The highest BCUT2D eigenvalue weighted by Gasteiger charge is 1.87. The first kappa shape index (κ1) is 4.90. The highest BCUT2D eigenvalue weighted by atomic mass is 16.6. The maximum Gasteiger partial charge on any atom is 0.283 e. The molecule has 8 heavy (non-hydrogen) atoms. The number of aliphatic hydroxyl groups is 1. The van der Waals surface area contributed by atoms with Gasteiger partial charge in [0.2, 0.25) is 0 Å². The van der Waals surface area contributed by atoms with E-state index in [1.54, 1.807) is 6.08 Å². The topological polar surface area (TPSA) is 41.8 Å². The van der Waals surface area contributed by atoms with Crippen molar-refractivity contribution in [3.05, 3.63) is 24.3 Å². The molecule has 3 nitrogen and oxygen atoms in total. The number of ether oxygens (including phenoxy) is 1. The van der Waals surface area contributed by atoms with Gasteiger partial charge in [-0.1, -0.05) is 0 Å². The molecule has 3 heteroatoms. The SMILES string of the molecule is OC1=CC=CN=CO1. The van der Waals surface area contributed by atoms with E-state index in [-0.39, 0.29) is 5.95 Å². The number of rotatable bonds is 0. The van der Waals surface area contributed by atoms with E-state index in [0.29, 0.717) is 0 Å². The van der Waals surface area contributed by atoms with E-state index in [4.69, 9.17) is 5.11 Å². The summed E-state index contributed by atoms with van der Waals surface area (Å²) in [4.78, 5) is 3.58. The van der Waals surface area contributed by atoms with Crippen LogP contribution in [0.4, 0.5) is 0 Å². The van der Waals surface area contributed by atoms with Crippen LogP contribution in [0.15, 0.2) is 29.3 Å². The average molecular weight is 111 g/mol. The van der Waals surface area contributed by atoms with Crippen LogP contribution in [0.3, 0.4) is 0 Å². The predicted molar refractivity (Wildman–Crippen MR) is 29.4 cm³/mol. The largest absolute Gasteiger partial charge is 0.481 e. The Hall–Kier alpha value is -1.25. The van der Waals surface area contributed by atoms with Crippen LogP contribution in [0.5, 0.6) is 0 Å². The quantitative estimate of drug-likeness (QED) is 0.505. The number of aliphatic hydroxyl groups excluding tert-OH is 1. The number of hydrogen-bond donors (Lipinski definition) is 1. The normalized spacial score (nSPS) is 16.8. The molecule has 0 saturated carbocycles. The monoisotopic (exact) mass is 111 g/mol. The molecule has 1 heterocycles. The summed E-state index contributed by atoms with van der Waals surface area (Å²) in [6.07, 6.45) is 5.67. The summed E-state index contributed by atoms with van der Waals surface area (Å²) >= 11 is 0. The average Bonchev–Trinajstić information content (AvgIpc) is 1.94. The summed E-state index contributed by atoms with van der Waals surface area (Å²) in [5.74, 6) is -0.137. The zero-order chi connectivity index (χ0) is 5.82. The first-order chi connectivity index (χ1) is 3.89. The Labute approximate surface area is 46.6 Å². The number of nitrogens with zero attached hydrogens (tertiary/aromatic N) is 1. The Morgan fingerprint density at radius 1 is 1.62 bits per heavy atom. The van der Waals surface area contributed by atoms with Crippen molar-refractivity contribution in [2.24, 2.45) is 4.99 Å². The van der Waals surface area contributed by atoms with Crippen LogP contribution in [0.1, 0.15) is 0 Å². The Morgan fingerprint density at radius 2 is 2.50 bits per heavy atom. The predicted octanol–water partition coefficient (Wildman–Crippen LogP) is 0.958. The maximum absolute atomic E-state index is 8.59. The van der Waals surface area contributed by atoms with Crippen molar-refractivity contribution >= 4 is 6.40 Å². The van der Waals surface area contributed by atoms with Gasteiger partial charge in [0.15, 0.2) is 6.40 Å². The van der Waals surface area contributed by atoms with Gasteiger partial charge in [0, 0.05) is 12.3 Å². The molecule has 0 aromatic rings. The van der Waals surface area contributed by atoms with Crippen molar-refractivity contribution in [2.45, 2.75) is 0 Å². The van der Waals surface area contributed by atoms with Crippen LogP contribution in [0.2, 0.25) is 0 Å². The van der Waals surface area contributed by atoms with E-state index in [2.05, 4.69) is 9.73 Å². The molecule has 0 aliphatic carbocycles. The lowest BCUT2D eigenvalue weighted by atomic mass is 10.6. The molecule has 0 radical (unpaired) electrons. The molecule has 0 unspecified atom stereocenters. The van der Waals surface area contributed by atoms with Gasteiger partial charge in [-0.05, 0) is 6.08 Å². The van der Waals surface area contributed by atoms with Gasteiger partial charge in [-0.3, -0.25) is 0 Å². The lowest BCUT2D eigenvalue weighted by Gasteiger charge is -1.89. The smallest absolute Gasteiger partial charge is 0.283 e. The second kappa shape index (κ2) is 2.16. The third-order valence-corrected chi connectivity index (χ3v) is 0.645. The fraction of sp³-hybridized carbons (Fsp3) is 0. The van der Waals surface area contributed by atoms with E-state index >= 15 is 0 Å². The molecule has 42 valence electrons. The Balaban J connectivity index is 2.69. The molecule has 0 aromatic carbocycles. The summed E-state index contributed by atoms with van der Waals surface area (Å²) in [6, 6.07) is 0. The van der Waals surface area contributed by atoms with Crippen LogP contribution in [-0.2, 0) is 4.74 Å². The third-order valence-electron chi connectivity index (χ3n) is 0.645. The Kier molecular flexibility index (Phi) is 1.32. The summed E-state index contributed by atoms with van der Waals surface area (Å²) in [5, 5.41) is 8.59. The fourth-order valence-electron chi connectivity index (χ4n) is 0.334. The van der Waals surface area contributed by atoms with Crippen molar-refractivity contribution in [1.29, 1.82) is 0 Å². The van der Waals surface area contributed by atoms with Gasteiger partial charge < -0.3 is 9.84 Å². The van der Waals surface area contributed by atoms with Crippen LogP contribution < -0.4 is 0 Å². The molecule has 0 fully saturated rings. The second-order valence-corrected chi connectivity index (χ2v) is 1.22. The van der Waals surface area contributed by atoms with E-state index < -0.39 is 0 Å². The van der Waals surface area contributed by atoms with Gasteiger partial charge in [0.05, 0.1) is 0 Å². The van der Waals surface area contributed by atoms with Gasteiger partial charge in [-0.15, -0.1) is 0 Å². The molecular weight excluding hydrogens is 106 g/mol. The summed E-state index contributed by atoms with van der Waals surface area (Å²) in [7, 11) is 0. The van der Waals surface area contributed by atoms with Crippen LogP contribution in [-0.4, -0.2) is 11.5 Å². The minimum Gasteiger partial charge on any atom is -0.481 e. The van der Waals surface area contributed by atoms with E-state index in [1.165, 1.54) is 12.3 Å². The highest BCUT2D eigenvalue weighted by molar-refractivity contribution is 5.50. The Bertz CT molecular complexity index is 158. The maximum atomic E-state index is 8.59. The summed E-state index contributed by atoms with van der Waals surface area (Å²) in [5.41, 5.74) is 0. The molecule has 0 spiro atoms. The molecule has 0 aromatic heterocycles. The van der Waals surface area contributed by atoms with Gasteiger partial charge in [0.1, 0.15) is 0 Å². The van der Waals surface area contributed by atoms with E-state index in [9.17, 15) is 0 Å². The van der Waals surface area contributed by atoms with Gasteiger partial charge in [-0.2, -0.15) is 0 Å². The first-order valence-electron chi connectivity index (χ1n) is 2.14. The number of aliphatic imine (C=N–C) groups is 1. The minimum atomic E-state index is -0.137. The van der Waals surface area contributed by atoms with Crippen molar-refractivity contribution in [3.63, 3.8) is 0 Å². The fourth-order valence-corrected chi connectivity index (χ4v) is 0.334. The van der Waals surface area contributed by atoms with E-state index in [1.807, 2.05) is 0 Å². The molecule has 0 bridgehead atoms. The molecule has 1 aliphatic heterocycles. The first-order valence-corrected chi connectivity index (χ1v) is 2.14. The molecule has 0 saturated heterocycles. The summed E-state index contributed by atoms with van der Waals surface area (Å²) in [6.45, 7) is 0. The summed E-state index contributed by atoms with van der Waals surface area (Å²) < 4.78 is 4.47. The van der Waals surface area contributed by atoms with Gasteiger partial charge in [0.25, 0.3) is 5.95 Å². The molecule has 1 aliphatic rings. The molecule has 1 N–H and O–H groups in total. The van der Waals surface area contributed by atoms with Crippen LogP contribution >= 0.6 is 0 Å². The standard InChI is InChI=1S/C5H5NO2/c7-5-2-1-3-6-4-8-5/h1-4,7H. The minimum absolute atomic E-state index is 0.137. The van der Waals surface area contributed by atoms with Crippen molar-refractivity contribution in [2.75, 3.05) is 0 Å². The van der Waals surface area contributed by atoms with Gasteiger partial charge >= 0.3 is 0 Å². The number of hydrogen-bond acceptors (Lipinski definition) is 3. The second-order valence-electron chi connectivity index (χ2n) is 1.22. The number of allylic oxidation sites excluding steroid dienone is 2. The molecule has 1 rings (SSSR count). The lowest BCUT2D eigenvalue weighted by molar-refractivity contribution is 0.208. The molecule has 0 atom stereocenters. The molecule has 0 amide bonds. The van der Waals surface area contributed by atoms with Crippen molar-refractivity contribution in [1.82, 2.24) is 0 Å². The van der Waals surface area contributed by atoms with E-state index in [0.717, 1.165) is 6.40 Å². The zero-order valence-corrected chi connectivity index (χ0v) is 4.11. The zero-order valence-electron chi connectivity index (χ0n) is 4.11. The van der Waals surface area contributed by atoms with Crippen LogP contribution in [0, 0.1) is 0 Å². The highest BCUT2D eigenvalue weighted by Crippen LogP contribution is 1.93. The third kappa shape index (κ3) is 1.11.